The second kappa shape index (κ2) is 5.46. The van der Waals surface area contributed by atoms with Gasteiger partial charge in [-0.1, -0.05) is 5.21 Å². The fourth-order valence-electron chi connectivity index (χ4n) is 1.56. The predicted octanol–water partition coefficient (Wildman–Crippen LogP) is 0.0454. The molecule has 0 atom stereocenters. The first-order valence-corrected chi connectivity index (χ1v) is 5.73. The van der Waals surface area contributed by atoms with Gasteiger partial charge in [-0.25, -0.2) is 9.48 Å². The van der Waals surface area contributed by atoms with Gasteiger partial charge in [0.05, 0.1) is 13.7 Å². The molecule has 0 aromatic carbocycles. The van der Waals surface area contributed by atoms with Crippen molar-refractivity contribution < 1.29 is 22.7 Å². The van der Waals surface area contributed by atoms with Gasteiger partial charge in [-0.3, -0.25) is 0 Å². The van der Waals surface area contributed by atoms with E-state index < -0.39 is 30.1 Å². The quantitative estimate of drug-likeness (QED) is 0.735. The molecule has 2 aromatic rings. The lowest BCUT2D eigenvalue weighted by Crippen LogP contribution is -2.20. The molecular formula is C9H10F3N7O2. The summed E-state index contributed by atoms with van der Waals surface area (Å²) >= 11 is 0. The highest BCUT2D eigenvalue weighted by Crippen LogP contribution is 2.31. The van der Waals surface area contributed by atoms with Gasteiger partial charge in [-0.05, 0) is 12.1 Å². The fraction of sp³-hybridized carbons (Fsp3) is 0.556. The maximum absolute atomic E-state index is 13.1. The number of tetrazole rings is 1. The first-order valence-electron chi connectivity index (χ1n) is 5.73. The number of halogens is 3. The van der Waals surface area contributed by atoms with Crippen molar-refractivity contribution in [1.29, 1.82) is 0 Å². The maximum atomic E-state index is 13.1. The number of esters is 1. The Morgan fingerprint density at radius 2 is 2.00 bits per heavy atom. The van der Waals surface area contributed by atoms with Crippen LogP contribution in [0.5, 0.6) is 0 Å². The number of alkyl halides is 3. The van der Waals surface area contributed by atoms with E-state index in [4.69, 9.17) is 0 Å². The van der Waals surface area contributed by atoms with Gasteiger partial charge in [0, 0.05) is 0 Å². The Morgan fingerprint density at radius 1 is 1.29 bits per heavy atom. The topological polar surface area (TPSA) is 101 Å². The molecule has 0 saturated heterocycles. The molecule has 21 heavy (non-hydrogen) atoms. The lowest BCUT2D eigenvalue weighted by Gasteiger charge is -2.09. The van der Waals surface area contributed by atoms with E-state index in [0.29, 0.717) is 4.68 Å². The zero-order valence-corrected chi connectivity index (χ0v) is 11.0. The first kappa shape index (κ1) is 14.9. The van der Waals surface area contributed by atoms with Crippen LogP contribution < -0.4 is 0 Å². The molecule has 0 aliphatic carbocycles. The van der Waals surface area contributed by atoms with Gasteiger partial charge in [0.15, 0.2) is 11.5 Å². The average molecular weight is 305 g/mol. The number of carbonyl (C=O) groups excluding carboxylic acids is 1. The van der Waals surface area contributed by atoms with Crippen LogP contribution in [0.3, 0.4) is 0 Å². The molecule has 0 saturated carbocycles. The second-order valence-corrected chi connectivity index (χ2v) is 3.86. The molecule has 2 heterocycles. The van der Waals surface area contributed by atoms with Crippen molar-refractivity contribution in [2.24, 2.45) is 7.05 Å². The van der Waals surface area contributed by atoms with E-state index in [2.05, 4.69) is 30.5 Å². The molecule has 0 amide bonds. The minimum atomic E-state index is -4.83. The highest BCUT2D eigenvalue weighted by Gasteiger charge is 2.42. The lowest BCUT2D eigenvalue weighted by molar-refractivity contribution is -0.144. The van der Waals surface area contributed by atoms with Gasteiger partial charge in [0.25, 0.3) is 0 Å². The first-order chi connectivity index (χ1) is 9.82. The Labute approximate surface area is 115 Å². The van der Waals surface area contributed by atoms with Crippen LogP contribution in [0.15, 0.2) is 0 Å². The third-order valence-corrected chi connectivity index (χ3v) is 2.31. The summed E-state index contributed by atoms with van der Waals surface area (Å²) in [6, 6.07) is 0. The highest BCUT2D eigenvalue weighted by molar-refractivity contribution is 5.88. The van der Waals surface area contributed by atoms with Crippen LogP contribution in [0.1, 0.15) is 28.9 Å². The molecule has 0 fully saturated rings. The van der Waals surface area contributed by atoms with Gasteiger partial charge in [0.1, 0.15) is 6.54 Å². The van der Waals surface area contributed by atoms with Gasteiger partial charge in [-0.15, -0.1) is 15.3 Å². The third-order valence-electron chi connectivity index (χ3n) is 2.31. The molecule has 0 aliphatic heterocycles. The minimum absolute atomic E-state index is 0.00306. The van der Waals surface area contributed by atoms with Gasteiger partial charge < -0.3 is 4.74 Å². The summed E-state index contributed by atoms with van der Waals surface area (Å²) in [5.41, 5.74) is -2.21. The van der Waals surface area contributed by atoms with Crippen molar-refractivity contribution in [3.63, 3.8) is 0 Å². The summed E-state index contributed by atoms with van der Waals surface area (Å²) in [5, 5.41) is 17.4. The number of aromatic nitrogens is 7. The van der Waals surface area contributed by atoms with Crippen LogP contribution in [-0.4, -0.2) is 47.8 Å². The molecule has 2 rings (SSSR count). The zero-order chi connectivity index (χ0) is 15.6. The Balaban J connectivity index is 2.39. The minimum Gasteiger partial charge on any atom is -0.461 e. The highest BCUT2D eigenvalue weighted by atomic mass is 19.4. The van der Waals surface area contributed by atoms with Gasteiger partial charge in [0.2, 0.25) is 5.69 Å². The van der Waals surface area contributed by atoms with Gasteiger partial charge in [-0.2, -0.15) is 18.0 Å². The molecule has 9 nitrogen and oxygen atoms in total. The van der Waals surface area contributed by atoms with E-state index in [1.54, 1.807) is 0 Å². The van der Waals surface area contributed by atoms with Crippen molar-refractivity contribution in [3.05, 3.63) is 17.2 Å². The molecule has 114 valence electrons. The molecule has 0 spiro atoms. The average Bonchev–Trinajstić information content (AvgIpc) is 2.96. The van der Waals surface area contributed by atoms with Crippen LogP contribution in [-0.2, 0) is 24.5 Å². The smallest absolute Gasteiger partial charge is 0.435 e. The Bertz CT molecular complexity index is 648. The number of rotatable bonds is 4. The summed E-state index contributed by atoms with van der Waals surface area (Å²) in [7, 11) is 1.46. The Morgan fingerprint density at radius 3 is 2.52 bits per heavy atom. The Hall–Kier alpha value is -2.53. The number of nitrogens with zero attached hydrogens (tertiary/aromatic N) is 7. The molecule has 12 heteroatoms. The molecule has 0 aliphatic rings. The van der Waals surface area contributed by atoms with E-state index in [-0.39, 0.29) is 12.4 Å². The van der Waals surface area contributed by atoms with Crippen molar-refractivity contribution in [3.8, 4) is 0 Å². The molecule has 2 aromatic heterocycles. The van der Waals surface area contributed by atoms with Crippen molar-refractivity contribution >= 4 is 5.97 Å². The number of ether oxygens (including phenoxy) is 1. The molecule has 0 bridgehead atoms. The van der Waals surface area contributed by atoms with E-state index in [1.807, 2.05) is 0 Å². The standard InChI is InChI=1S/C9H10F3N7O2/c1-3-21-8(20)6-7(9(10,11)12)19(17-14-6)4-5-13-16-18(2)15-5/h3-4H2,1-2H3. The summed E-state index contributed by atoms with van der Waals surface area (Å²) in [4.78, 5) is 12.6. The molecule has 0 radical (unpaired) electrons. The monoisotopic (exact) mass is 305 g/mol. The second-order valence-electron chi connectivity index (χ2n) is 3.86. The van der Waals surface area contributed by atoms with Crippen molar-refractivity contribution in [1.82, 2.24) is 35.2 Å². The molecule has 0 unspecified atom stereocenters. The number of carbonyl (C=O) groups is 1. The Kier molecular flexibility index (Phi) is 3.86. The van der Waals surface area contributed by atoms with E-state index >= 15 is 0 Å². The van der Waals surface area contributed by atoms with Crippen LogP contribution in [0, 0.1) is 0 Å². The maximum Gasteiger partial charge on any atom is 0.435 e. The number of hydrogen-bond donors (Lipinski definition) is 0. The summed E-state index contributed by atoms with van der Waals surface area (Å²) in [6.45, 7) is 0.975. The molecule has 0 N–H and O–H groups in total. The van der Waals surface area contributed by atoms with E-state index in [9.17, 15) is 18.0 Å². The van der Waals surface area contributed by atoms with Gasteiger partial charge >= 0.3 is 12.1 Å². The summed E-state index contributed by atoms with van der Waals surface area (Å²) < 4.78 is 44.3. The number of hydrogen-bond acceptors (Lipinski definition) is 7. The predicted molar refractivity (Wildman–Crippen MR) is 58.9 cm³/mol. The lowest BCUT2D eigenvalue weighted by atomic mass is 10.3. The number of aryl methyl sites for hydroxylation is 1. The van der Waals surface area contributed by atoms with Crippen molar-refractivity contribution in [2.45, 2.75) is 19.6 Å². The van der Waals surface area contributed by atoms with Crippen LogP contribution in [0.2, 0.25) is 0 Å². The van der Waals surface area contributed by atoms with E-state index in [1.165, 1.54) is 14.0 Å². The normalized spacial score (nSPS) is 11.7. The molecular weight excluding hydrogens is 295 g/mol. The fourth-order valence-corrected chi connectivity index (χ4v) is 1.56. The largest absolute Gasteiger partial charge is 0.461 e. The van der Waals surface area contributed by atoms with Crippen LogP contribution in [0.25, 0.3) is 0 Å². The van der Waals surface area contributed by atoms with Crippen LogP contribution in [0.4, 0.5) is 13.2 Å². The van der Waals surface area contributed by atoms with E-state index in [0.717, 1.165) is 4.80 Å². The zero-order valence-electron chi connectivity index (χ0n) is 11.0. The summed E-state index contributed by atoms with van der Waals surface area (Å²) in [6.07, 6.45) is -4.83. The van der Waals surface area contributed by atoms with Crippen molar-refractivity contribution in [2.75, 3.05) is 6.61 Å². The van der Waals surface area contributed by atoms with Crippen LogP contribution >= 0.6 is 0 Å². The summed E-state index contributed by atoms with van der Waals surface area (Å²) in [5.74, 6) is -1.19. The SMILES string of the molecule is CCOC(=O)c1nnn(Cc2nnn(C)n2)c1C(F)(F)F. The third kappa shape index (κ3) is 3.14.